The van der Waals surface area contributed by atoms with Crippen LogP contribution in [-0.4, -0.2) is 24.3 Å². The van der Waals surface area contributed by atoms with Crippen molar-refractivity contribution in [2.75, 3.05) is 0 Å². The van der Waals surface area contributed by atoms with Crippen molar-refractivity contribution in [3.8, 4) is 11.8 Å². The third-order valence-electron chi connectivity index (χ3n) is 6.62. The average molecular weight is 451 g/mol. The van der Waals surface area contributed by atoms with Crippen LogP contribution in [0.2, 0.25) is 0 Å². The number of nitrogens with zero attached hydrogens (tertiary/aromatic N) is 4. The Hall–Kier alpha value is -4.97. The number of aromatic nitrogens is 5. The zero-order valence-electron chi connectivity index (χ0n) is 18.4. The van der Waals surface area contributed by atoms with Crippen LogP contribution in [0.1, 0.15) is 0 Å². The number of fused-ring (bicyclic) bond motifs is 11. The summed E-state index contributed by atoms with van der Waals surface area (Å²) in [5.74, 6) is 0.985. The number of hydrogen-bond donors (Lipinski definition) is 1. The summed E-state index contributed by atoms with van der Waals surface area (Å²) in [7, 11) is 0. The Balaban J connectivity index is 1.32. The summed E-state index contributed by atoms with van der Waals surface area (Å²) in [5.41, 5.74) is 6.69. The summed E-state index contributed by atoms with van der Waals surface area (Å²) >= 11 is 0. The lowest BCUT2D eigenvalue weighted by molar-refractivity contribution is 0.448. The zero-order valence-corrected chi connectivity index (χ0v) is 18.4. The van der Waals surface area contributed by atoms with E-state index in [-0.39, 0.29) is 0 Å². The summed E-state index contributed by atoms with van der Waals surface area (Å²) in [5, 5.41) is 4.24. The van der Waals surface area contributed by atoms with Gasteiger partial charge in [0.25, 0.3) is 0 Å². The third-order valence-corrected chi connectivity index (χ3v) is 6.62. The van der Waals surface area contributed by atoms with Crippen LogP contribution < -0.4 is 4.74 Å². The summed E-state index contributed by atoms with van der Waals surface area (Å²) in [6.07, 6.45) is 0. The molecule has 0 atom stereocenters. The second kappa shape index (κ2) is 6.77. The Morgan fingerprint density at radius 3 is 2.20 bits per heavy atom. The summed E-state index contributed by atoms with van der Waals surface area (Å²) in [4.78, 5) is 17.9. The van der Waals surface area contributed by atoms with Crippen molar-refractivity contribution in [3.63, 3.8) is 0 Å². The predicted octanol–water partition coefficient (Wildman–Crippen LogP) is 7.01. The SMILES string of the molecule is c1ccc2c(c1)nc1c3ccc(Oc4ccc5c(n4)[nH]c4ccccc45)nc3c3ccccc3n21. The van der Waals surface area contributed by atoms with Crippen molar-refractivity contribution in [1.29, 1.82) is 0 Å². The van der Waals surface area contributed by atoms with Gasteiger partial charge in [-0.25, -0.2) is 9.97 Å². The summed E-state index contributed by atoms with van der Waals surface area (Å²) < 4.78 is 8.35. The van der Waals surface area contributed by atoms with Crippen molar-refractivity contribution in [2.24, 2.45) is 0 Å². The second-order valence-electron chi connectivity index (χ2n) is 8.64. The minimum Gasteiger partial charge on any atom is -0.421 e. The topological polar surface area (TPSA) is 68.1 Å². The first-order valence-electron chi connectivity index (χ1n) is 11.5. The molecule has 0 bridgehead atoms. The number of benzene rings is 3. The van der Waals surface area contributed by atoms with E-state index < -0.39 is 0 Å². The molecule has 8 aromatic rings. The van der Waals surface area contributed by atoms with E-state index in [2.05, 4.69) is 33.7 Å². The van der Waals surface area contributed by atoms with Crippen molar-refractivity contribution in [3.05, 3.63) is 97.1 Å². The maximum Gasteiger partial charge on any atom is 0.223 e. The highest BCUT2D eigenvalue weighted by molar-refractivity contribution is 6.12. The predicted molar refractivity (Wildman–Crippen MR) is 139 cm³/mol. The quantitative estimate of drug-likeness (QED) is 0.287. The molecule has 164 valence electrons. The van der Waals surface area contributed by atoms with Crippen LogP contribution >= 0.6 is 0 Å². The van der Waals surface area contributed by atoms with Crippen LogP contribution in [0.15, 0.2) is 97.1 Å². The lowest BCUT2D eigenvalue weighted by Gasteiger charge is -2.10. The second-order valence-corrected chi connectivity index (χ2v) is 8.64. The van der Waals surface area contributed by atoms with E-state index in [4.69, 9.17) is 19.7 Å². The maximum atomic E-state index is 6.14. The molecule has 35 heavy (non-hydrogen) atoms. The fraction of sp³-hybridized carbons (Fsp3) is 0. The Kier molecular flexibility index (Phi) is 3.57. The van der Waals surface area contributed by atoms with Gasteiger partial charge in [0.05, 0.1) is 22.1 Å². The molecule has 0 aliphatic rings. The largest absolute Gasteiger partial charge is 0.421 e. The lowest BCUT2D eigenvalue weighted by Crippen LogP contribution is -1.95. The van der Waals surface area contributed by atoms with Gasteiger partial charge in [-0.3, -0.25) is 4.40 Å². The number of hydrogen-bond acceptors (Lipinski definition) is 4. The fourth-order valence-corrected chi connectivity index (χ4v) is 5.08. The van der Waals surface area contributed by atoms with Crippen LogP contribution in [0.3, 0.4) is 0 Å². The molecule has 6 nitrogen and oxygen atoms in total. The number of H-pyrrole nitrogens is 1. The third kappa shape index (κ3) is 2.62. The minimum absolute atomic E-state index is 0.492. The van der Waals surface area contributed by atoms with Gasteiger partial charge in [0.15, 0.2) is 0 Å². The minimum atomic E-state index is 0.492. The monoisotopic (exact) mass is 451 g/mol. The van der Waals surface area contributed by atoms with Gasteiger partial charge >= 0.3 is 0 Å². The fourth-order valence-electron chi connectivity index (χ4n) is 5.08. The molecule has 0 saturated carbocycles. The molecule has 0 spiro atoms. The van der Waals surface area contributed by atoms with Gasteiger partial charge in [-0.1, -0.05) is 48.5 Å². The molecule has 0 aliphatic heterocycles. The van der Waals surface area contributed by atoms with E-state index in [1.165, 1.54) is 0 Å². The Bertz CT molecular complexity index is 2100. The van der Waals surface area contributed by atoms with Gasteiger partial charge < -0.3 is 9.72 Å². The molecule has 5 heterocycles. The molecule has 0 amide bonds. The maximum absolute atomic E-state index is 6.14. The van der Waals surface area contributed by atoms with Crippen LogP contribution in [0.5, 0.6) is 11.8 Å². The van der Waals surface area contributed by atoms with E-state index in [1.807, 2.05) is 72.8 Å². The molecule has 0 aliphatic carbocycles. The van der Waals surface area contributed by atoms with Gasteiger partial charge in [0.2, 0.25) is 11.8 Å². The summed E-state index contributed by atoms with van der Waals surface area (Å²) in [6.45, 7) is 0. The number of ether oxygens (including phenoxy) is 1. The first-order chi connectivity index (χ1) is 17.3. The first kappa shape index (κ1) is 18.5. The highest BCUT2D eigenvalue weighted by Crippen LogP contribution is 2.33. The van der Waals surface area contributed by atoms with Gasteiger partial charge in [-0.15, -0.1) is 0 Å². The van der Waals surface area contributed by atoms with Gasteiger partial charge in [0.1, 0.15) is 11.3 Å². The van der Waals surface area contributed by atoms with E-state index in [9.17, 15) is 0 Å². The Morgan fingerprint density at radius 1 is 0.571 bits per heavy atom. The molecule has 0 fully saturated rings. The van der Waals surface area contributed by atoms with Gasteiger partial charge in [-0.2, -0.15) is 4.98 Å². The number of imidazole rings is 1. The molecular weight excluding hydrogens is 434 g/mol. The number of nitrogens with one attached hydrogen (secondary N) is 1. The highest BCUT2D eigenvalue weighted by atomic mass is 16.5. The molecule has 8 rings (SSSR count). The van der Waals surface area contributed by atoms with Crippen molar-refractivity contribution in [2.45, 2.75) is 0 Å². The number of aromatic amines is 1. The molecule has 0 unspecified atom stereocenters. The Morgan fingerprint density at radius 2 is 1.29 bits per heavy atom. The van der Waals surface area contributed by atoms with Gasteiger partial charge in [0, 0.05) is 39.2 Å². The van der Waals surface area contributed by atoms with Crippen LogP contribution in [-0.2, 0) is 0 Å². The van der Waals surface area contributed by atoms with E-state index in [0.717, 1.165) is 60.4 Å². The molecule has 6 heteroatoms. The molecule has 1 N–H and O–H groups in total. The van der Waals surface area contributed by atoms with Crippen molar-refractivity contribution in [1.82, 2.24) is 24.3 Å². The van der Waals surface area contributed by atoms with E-state index in [0.29, 0.717) is 11.8 Å². The lowest BCUT2D eigenvalue weighted by atomic mass is 10.1. The number of pyridine rings is 3. The van der Waals surface area contributed by atoms with Crippen LogP contribution in [0, 0.1) is 0 Å². The summed E-state index contributed by atoms with van der Waals surface area (Å²) in [6, 6.07) is 32.5. The average Bonchev–Trinajstić information content (AvgIpc) is 3.47. The standard InChI is InChI=1S/C29H17N5O/c1-3-9-21-17(7-1)18-13-15-26(33-28(18)30-21)35-25-16-14-20-27(32-25)19-8-2-5-11-23(19)34-24-12-6-4-10-22(24)31-29(20)34/h1-16H,(H,30,33). The van der Waals surface area contributed by atoms with E-state index in [1.54, 1.807) is 0 Å². The normalized spacial score (nSPS) is 12.0. The first-order valence-corrected chi connectivity index (χ1v) is 11.5. The van der Waals surface area contributed by atoms with Crippen LogP contribution in [0.4, 0.5) is 0 Å². The number of rotatable bonds is 2. The smallest absolute Gasteiger partial charge is 0.223 e. The molecule has 0 saturated heterocycles. The van der Waals surface area contributed by atoms with Crippen molar-refractivity contribution < 1.29 is 4.74 Å². The van der Waals surface area contributed by atoms with Gasteiger partial charge in [-0.05, 0) is 36.4 Å². The van der Waals surface area contributed by atoms with E-state index >= 15 is 0 Å². The zero-order chi connectivity index (χ0) is 22.9. The number of para-hydroxylation sites is 4. The molecular formula is C29H17N5O. The Labute approximate surface area is 198 Å². The molecule has 5 aromatic heterocycles. The molecule has 3 aromatic carbocycles. The highest BCUT2D eigenvalue weighted by Gasteiger charge is 2.15. The van der Waals surface area contributed by atoms with Crippen LogP contribution in [0.25, 0.3) is 60.4 Å². The molecule has 0 radical (unpaired) electrons. The van der Waals surface area contributed by atoms with Crippen molar-refractivity contribution >= 4 is 60.4 Å².